The van der Waals surface area contributed by atoms with Gasteiger partial charge in [0.1, 0.15) is 0 Å². The molecule has 1 aromatic carbocycles. The second-order valence-corrected chi connectivity index (χ2v) is 5.32. The summed E-state index contributed by atoms with van der Waals surface area (Å²) >= 11 is 0. The summed E-state index contributed by atoms with van der Waals surface area (Å²) < 4.78 is 6.76. The molecule has 0 fully saturated rings. The number of carbonyl (C=O) groups excluding carboxylic acids is 3. The molecule has 1 aliphatic heterocycles. The van der Waals surface area contributed by atoms with Crippen LogP contribution in [-0.4, -0.2) is 49.9 Å². The molecule has 0 bridgehead atoms. The minimum absolute atomic E-state index is 0.0737. The van der Waals surface area contributed by atoms with E-state index in [1.54, 1.807) is 4.68 Å². The summed E-state index contributed by atoms with van der Waals surface area (Å²) in [5, 5.41) is 11.2. The molecule has 9 heteroatoms. The number of amides is 2. The first-order valence-corrected chi connectivity index (χ1v) is 7.41. The maximum Gasteiger partial charge on any atom is 0.338 e. The Balaban J connectivity index is 1.74. The van der Waals surface area contributed by atoms with E-state index in [4.69, 9.17) is 4.74 Å². The Kier molecular flexibility index (Phi) is 4.07. The van der Waals surface area contributed by atoms with E-state index < -0.39 is 11.9 Å². The van der Waals surface area contributed by atoms with E-state index in [-0.39, 0.29) is 29.2 Å². The fraction of sp³-hybridized carbons (Fsp3) is 0.333. The van der Waals surface area contributed by atoms with Crippen LogP contribution in [0.2, 0.25) is 0 Å². The van der Waals surface area contributed by atoms with E-state index in [0.29, 0.717) is 12.4 Å². The first-order valence-electron chi connectivity index (χ1n) is 7.41. The average Bonchev–Trinajstić information content (AvgIpc) is 3.12. The minimum Gasteiger partial charge on any atom is -0.454 e. The molecule has 2 amide bonds. The molecule has 2 aromatic rings. The molecule has 0 aliphatic carbocycles. The number of esters is 1. The molecule has 0 spiro atoms. The summed E-state index contributed by atoms with van der Waals surface area (Å²) in [4.78, 5) is 37.0. The number of aromatic nitrogens is 4. The van der Waals surface area contributed by atoms with E-state index in [2.05, 4.69) is 15.5 Å². The van der Waals surface area contributed by atoms with Crippen molar-refractivity contribution in [1.82, 2.24) is 25.1 Å². The van der Waals surface area contributed by atoms with Gasteiger partial charge in [0.2, 0.25) is 0 Å². The lowest BCUT2D eigenvalue weighted by Gasteiger charge is -2.06. The number of tetrazole rings is 1. The summed E-state index contributed by atoms with van der Waals surface area (Å²) in [6.45, 7) is 2.54. The summed E-state index contributed by atoms with van der Waals surface area (Å²) in [5.74, 6) is -0.985. The second-order valence-electron chi connectivity index (χ2n) is 5.32. The van der Waals surface area contributed by atoms with Crippen molar-refractivity contribution in [2.45, 2.75) is 26.5 Å². The minimum atomic E-state index is -0.612. The number of nitrogens with zero attached hydrogens (tertiary/aromatic N) is 5. The summed E-state index contributed by atoms with van der Waals surface area (Å²) in [5.41, 5.74) is 0.679. The first kappa shape index (κ1) is 15.8. The molecule has 1 aromatic heterocycles. The molecule has 24 heavy (non-hydrogen) atoms. The molecular weight excluding hydrogens is 314 g/mol. The smallest absolute Gasteiger partial charge is 0.338 e. The van der Waals surface area contributed by atoms with Crippen molar-refractivity contribution >= 4 is 17.8 Å². The van der Waals surface area contributed by atoms with Crippen LogP contribution >= 0.6 is 0 Å². The normalized spacial score (nSPS) is 13.3. The number of imide groups is 1. The van der Waals surface area contributed by atoms with Crippen LogP contribution in [0.5, 0.6) is 0 Å². The van der Waals surface area contributed by atoms with E-state index in [1.165, 1.54) is 25.2 Å². The molecule has 0 atom stereocenters. The molecule has 2 heterocycles. The number of rotatable bonds is 5. The van der Waals surface area contributed by atoms with Crippen LogP contribution in [0, 0.1) is 0 Å². The van der Waals surface area contributed by atoms with Crippen LogP contribution in [0.1, 0.15) is 50.2 Å². The Labute approximate surface area is 137 Å². The molecule has 0 N–H and O–H groups in total. The number of carbonyl (C=O) groups is 3. The van der Waals surface area contributed by atoms with Gasteiger partial charge in [0.15, 0.2) is 12.4 Å². The fourth-order valence-electron chi connectivity index (χ4n) is 2.41. The van der Waals surface area contributed by atoms with Crippen molar-refractivity contribution < 1.29 is 19.1 Å². The van der Waals surface area contributed by atoms with Crippen LogP contribution in [-0.2, 0) is 17.9 Å². The lowest BCUT2D eigenvalue weighted by Crippen LogP contribution is -2.24. The van der Waals surface area contributed by atoms with Crippen LogP contribution in [0.15, 0.2) is 18.2 Å². The zero-order valence-electron chi connectivity index (χ0n) is 13.2. The van der Waals surface area contributed by atoms with Crippen LogP contribution in [0.25, 0.3) is 0 Å². The van der Waals surface area contributed by atoms with Crippen molar-refractivity contribution in [3.63, 3.8) is 0 Å². The Hall–Kier alpha value is -3.10. The van der Waals surface area contributed by atoms with Crippen molar-refractivity contribution in [2.75, 3.05) is 7.05 Å². The standard InChI is InChI=1S/C15H15N5O4/c1-3-6-20-12(16-17-18-20)8-24-15(23)9-4-5-10-11(7-9)14(22)19(2)13(10)21/h4-5,7H,3,6,8H2,1-2H3. The van der Waals surface area contributed by atoms with Gasteiger partial charge in [-0.1, -0.05) is 6.92 Å². The molecule has 0 radical (unpaired) electrons. The largest absolute Gasteiger partial charge is 0.454 e. The Morgan fingerprint density at radius 3 is 2.71 bits per heavy atom. The van der Waals surface area contributed by atoms with Crippen molar-refractivity contribution in [3.8, 4) is 0 Å². The monoisotopic (exact) mass is 329 g/mol. The van der Waals surface area contributed by atoms with Gasteiger partial charge in [0, 0.05) is 13.6 Å². The van der Waals surface area contributed by atoms with E-state index in [1.807, 2.05) is 6.92 Å². The molecule has 124 valence electrons. The van der Waals surface area contributed by atoms with Gasteiger partial charge < -0.3 is 4.74 Å². The summed E-state index contributed by atoms with van der Waals surface area (Å²) in [7, 11) is 1.40. The number of aryl methyl sites for hydroxylation is 1. The molecule has 0 unspecified atom stereocenters. The second kappa shape index (κ2) is 6.19. The topological polar surface area (TPSA) is 107 Å². The van der Waals surface area contributed by atoms with Crippen molar-refractivity contribution in [1.29, 1.82) is 0 Å². The van der Waals surface area contributed by atoms with Gasteiger partial charge in [-0.05, 0) is 35.0 Å². The maximum absolute atomic E-state index is 12.2. The molecule has 3 rings (SSSR count). The lowest BCUT2D eigenvalue weighted by atomic mass is 10.1. The SMILES string of the molecule is CCCn1nnnc1COC(=O)c1ccc2c(c1)C(=O)N(C)C2=O. The maximum atomic E-state index is 12.2. The average molecular weight is 329 g/mol. The Morgan fingerprint density at radius 2 is 1.96 bits per heavy atom. The third-order valence-electron chi connectivity index (χ3n) is 3.70. The molecule has 1 aliphatic rings. The van der Waals surface area contributed by atoms with Crippen molar-refractivity contribution in [2.24, 2.45) is 0 Å². The zero-order valence-corrected chi connectivity index (χ0v) is 13.2. The van der Waals surface area contributed by atoms with E-state index in [9.17, 15) is 14.4 Å². The lowest BCUT2D eigenvalue weighted by molar-refractivity contribution is 0.0456. The number of hydrogen-bond acceptors (Lipinski definition) is 7. The number of ether oxygens (including phenoxy) is 1. The van der Waals surface area contributed by atoms with E-state index >= 15 is 0 Å². The Morgan fingerprint density at radius 1 is 1.21 bits per heavy atom. The quantitative estimate of drug-likeness (QED) is 0.586. The van der Waals surface area contributed by atoms with Crippen LogP contribution in [0.3, 0.4) is 0 Å². The van der Waals surface area contributed by atoms with Gasteiger partial charge in [-0.2, -0.15) is 0 Å². The van der Waals surface area contributed by atoms with Crippen LogP contribution < -0.4 is 0 Å². The van der Waals surface area contributed by atoms with E-state index in [0.717, 1.165) is 11.3 Å². The number of benzene rings is 1. The summed E-state index contributed by atoms with van der Waals surface area (Å²) in [6.07, 6.45) is 0.848. The molecule has 9 nitrogen and oxygen atoms in total. The van der Waals surface area contributed by atoms with Crippen LogP contribution in [0.4, 0.5) is 0 Å². The molecule has 0 saturated heterocycles. The third kappa shape index (κ3) is 2.64. The predicted molar refractivity (Wildman–Crippen MR) is 80.1 cm³/mol. The predicted octanol–water partition coefficient (Wildman–Crippen LogP) is 0.666. The molecular formula is C15H15N5O4. The summed E-state index contributed by atoms with van der Waals surface area (Å²) in [6, 6.07) is 4.29. The number of fused-ring (bicyclic) bond motifs is 1. The number of hydrogen-bond donors (Lipinski definition) is 0. The third-order valence-corrected chi connectivity index (χ3v) is 3.70. The van der Waals surface area contributed by atoms with Gasteiger partial charge >= 0.3 is 5.97 Å². The highest BCUT2D eigenvalue weighted by Crippen LogP contribution is 2.23. The first-order chi connectivity index (χ1) is 11.5. The van der Waals surface area contributed by atoms with Crippen molar-refractivity contribution in [3.05, 3.63) is 40.7 Å². The fourth-order valence-corrected chi connectivity index (χ4v) is 2.41. The molecule has 0 saturated carbocycles. The Bertz CT molecular complexity index is 829. The highest BCUT2D eigenvalue weighted by atomic mass is 16.5. The van der Waals surface area contributed by atoms with Gasteiger partial charge in [-0.15, -0.1) is 5.10 Å². The van der Waals surface area contributed by atoms with Gasteiger partial charge in [0.05, 0.1) is 16.7 Å². The van der Waals surface area contributed by atoms with Gasteiger partial charge in [-0.3, -0.25) is 14.5 Å². The highest BCUT2D eigenvalue weighted by molar-refractivity contribution is 6.21. The van der Waals surface area contributed by atoms with Gasteiger partial charge in [-0.25, -0.2) is 9.48 Å². The zero-order chi connectivity index (χ0) is 17.3. The highest BCUT2D eigenvalue weighted by Gasteiger charge is 2.33. The van der Waals surface area contributed by atoms with Gasteiger partial charge in [0.25, 0.3) is 11.8 Å².